The molecule has 0 spiro atoms. The van der Waals surface area contributed by atoms with Crippen LogP contribution >= 0.6 is 15.9 Å². The number of rotatable bonds is 6. The van der Waals surface area contributed by atoms with Crippen LogP contribution in [0.1, 0.15) is 33.6 Å². The number of anilines is 1. The fourth-order valence-electron chi connectivity index (χ4n) is 1.61. The van der Waals surface area contributed by atoms with Crippen LogP contribution in [0.3, 0.4) is 0 Å². The summed E-state index contributed by atoms with van der Waals surface area (Å²) in [6.07, 6.45) is 3.25. The first-order chi connectivity index (χ1) is 8.73. The molecule has 5 nitrogen and oxygen atoms in total. The minimum Gasteiger partial charge on any atom is -0.388 e. The van der Waals surface area contributed by atoms with Crippen LogP contribution in [0, 0.1) is 5.92 Å². The van der Waals surface area contributed by atoms with Gasteiger partial charge in [-0.15, -0.1) is 0 Å². The van der Waals surface area contributed by atoms with E-state index in [0.29, 0.717) is 29.0 Å². The van der Waals surface area contributed by atoms with Gasteiger partial charge < -0.3 is 10.4 Å². The Kier molecular flexibility index (Phi) is 5.55. The van der Waals surface area contributed by atoms with Gasteiger partial charge in [0.2, 0.25) is 0 Å². The van der Waals surface area contributed by atoms with E-state index in [9.17, 15) is 9.90 Å². The molecule has 0 fully saturated rings. The van der Waals surface area contributed by atoms with Crippen molar-refractivity contribution in [3.05, 3.63) is 21.0 Å². The Labute approximate surface area is 122 Å². The molecule has 0 bridgehead atoms. The average molecular weight is 332 g/mol. The van der Waals surface area contributed by atoms with Crippen LogP contribution in [0.5, 0.6) is 0 Å². The number of halogens is 1. The molecule has 0 radical (unpaired) electrons. The number of nitrogens with one attached hydrogen (secondary N) is 1. The van der Waals surface area contributed by atoms with Gasteiger partial charge in [0.15, 0.2) is 0 Å². The molecule has 19 heavy (non-hydrogen) atoms. The third-order valence-corrected chi connectivity index (χ3v) is 3.76. The van der Waals surface area contributed by atoms with E-state index >= 15 is 0 Å². The zero-order valence-corrected chi connectivity index (χ0v) is 13.5. The maximum Gasteiger partial charge on any atom is 0.282 e. The highest BCUT2D eigenvalue weighted by atomic mass is 79.9. The summed E-state index contributed by atoms with van der Waals surface area (Å²) in [7, 11) is 1.59. The SMILES string of the molecule is CC(C)CCC(C)(O)CNc1cnn(C)c(=O)c1Br. The maximum absolute atomic E-state index is 11.7. The molecule has 1 atom stereocenters. The standard InChI is InChI=1S/C13H22BrN3O2/c1-9(2)5-6-13(3,19)8-15-10-7-16-17(4)12(18)11(10)14/h7,9,15,19H,5-6,8H2,1-4H3. The summed E-state index contributed by atoms with van der Waals surface area (Å²) in [4.78, 5) is 11.7. The maximum atomic E-state index is 11.7. The number of hydrogen-bond donors (Lipinski definition) is 2. The smallest absolute Gasteiger partial charge is 0.282 e. The number of hydrogen-bond acceptors (Lipinski definition) is 4. The van der Waals surface area contributed by atoms with Crippen LogP contribution in [0.25, 0.3) is 0 Å². The van der Waals surface area contributed by atoms with Crippen molar-refractivity contribution in [3.8, 4) is 0 Å². The fraction of sp³-hybridized carbons (Fsp3) is 0.692. The van der Waals surface area contributed by atoms with Crippen LogP contribution in [-0.4, -0.2) is 27.0 Å². The molecule has 0 aliphatic rings. The van der Waals surface area contributed by atoms with Gasteiger partial charge in [0.1, 0.15) is 4.47 Å². The van der Waals surface area contributed by atoms with Crippen LogP contribution in [0.4, 0.5) is 5.69 Å². The highest BCUT2D eigenvalue weighted by molar-refractivity contribution is 9.10. The van der Waals surface area contributed by atoms with E-state index in [2.05, 4.69) is 40.2 Å². The summed E-state index contributed by atoms with van der Waals surface area (Å²) in [5.74, 6) is 0.559. The molecule has 1 heterocycles. The Hall–Kier alpha value is -0.880. The largest absolute Gasteiger partial charge is 0.388 e. The van der Waals surface area contributed by atoms with Crippen molar-refractivity contribution in [3.63, 3.8) is 0 Å². The van der Waals surface area contributed by atoms with Crippen molar-refractivity contribution in [1.29, 1.82) is 0 Å². The van der Waals surface area contributed by atoms with E-state index in [1.54, 1.807) is 20.2 Å². The van der Waals surface area contributed by atoms with E-state index < -0.39 is 5.60 Å². The van der Waals surface area contributed by atoms with Gasteiger partial charge in [-0.1, -0.05) is 13.8 Å². The molecule has 6 heteroatoms. The number of aliphatic hydroxyl groups is 1. The second kappa shape index (κ2) is 6.52. The minimum atomic E-state index is -0.801. The molecule has 108 valence electrons. The van der Waals surface area contributed by atoms with Gasteiger partial charge in [0.25, 0.3) is 5.56 Å². The summed E-state index contributed by atoms with van der Waals surface area (Å²) in [5.41, 5.74) is -0.398. The predicted molar refractivity (Wildman–Crippen MR) is 80.4 cm³/mol. The summed E-state index contributed by atoms with van der Waals surface area (Å²) in [6.45, 7) is 6.44. The predicted octanol–water partition coefficient (Wildman–Crippen LogP) is 2.14. The van der Waals surface area contributed by atoms with E-state index in [1.807, 2.05) is 0 Å². The van der Waals surface area contributed by atoms with Crippen molar-refractivity contribution in [2.45, 2.75) is 39.2 Å². The summed E-state index contributed by atoms with van der Waals surface area (Å²) < 4.78 is 1.69. The van der Waals surface area contributed by atoms with Gasteiger partial charge >= 0.3 is 0 Å². The highest BCUT2D eigenvalue weighted by Crippen LogP contribution is 2.20. The first kappa shape index (κ1) is 16.2. The second-order valence-electron chi connectivity index (χ2n) is 5.58. The van der Waals surface area contributed by atoms with E-state index in [1.165, 1.54) is 4.68 Å². The van der Waals surface area contributed by atoms with Crippen molar-refractivity contribution in [2.24, 2.45) is 13.0 Å². The average Bonchev–Trinajstić information content (AvgIpc) is 2.33. The number of aromatic nitrogens is 2. The fourth-order valence-corrected chi connectivity index (χ4v) is 2.11. The Bertz CT molecular complexity index is 483. The lowest BCUT2D eigenvalue weighted by molar-refractivity contribution is 0.0586. The Morgan fingerprint density at radius 2 is 2.21 bits per heavy atom. The monoisotopic (exact) mass is 331 g/mol. The molecule has 0 aliphatic heterocycles. The summed E-state index contributed by atoms with van der Waals surface area (Å²) in [6, 6.07) is 0. The topological polar surface area (TPSA) is 67.2 Å². The van der Waals surface area contributed by atoms with Crippen molar-refractivity contribution in [2.75, 3.05) is 11.9 Å². The first-order valence-corrected chi connectivity index (χ1v) is 7.20. The van der Waals surface area contributed by atoms with Gasteiger partial charge in [-0.3, -0.25) is 4.79 Å². The minimum absolute atomic E-state index is 0.202. The molecular weight excluding hydrogens is 310 g/mol. The molecule has 0 aliphatic carbocycles. The Morgan fingerprint density at radius 3 is 2.79 bits per heavy atom. The molecule has 0 amide bonds. The zero-order valence-electron chi connectivity index (χ0n) is 11.9. The van der Waals surface area contributed by atoms with E-state index in [-0.39, 0.29) is 5.56 Å². The molecule has 0 saturated carbocycles. The van der Waals surface area contributed by atoms with Gasteiger partial charge in [-0.25, -0.2) is 4.68 Å². The molecule has 2 N–H and O–H groups in total. The zero-order chi connectivity index (χ0) is 14.6. The normalized spacial score (nSPS) is 14.5. The van der Waals surface area contributed by atoms with Gasteiger partial charge in [-0.2, -0.15) is 5.10 Å². The van der Waals surface area contributed by atoms with Gasteiger partial charge in [0, 0.05) is 13.6 Å². The number of aryl methyl sites for hydroxylation is 1. The van der Waals surface area contributed by atoms with Crippen molar-refractivity contribution >= 4 is 21.6 Å². The molecule has 1 aromatic rings. The summed E-state index contributed by atoms with van der Waals surface area (Å²) >= 11 is 3.24. The number of nitrogens with zero attached hydrogens (tertiary/aromatic N) is 2. The third-order valence-electron chi connectivity index (χ3n) is 3.00. The lowest BCUT2D eigenvalue weighted by Crippen LogP contribution is -2.34. The molecule has 0 saturated heterocycles. The Balaban J connectivity index is 2.66. The third kappa shape index (κ3) is 4.95. The van der Waals surface area contributed by atoms with Crippen LogP contribution in [-0.2, 0) is 7.05 Å². The lowest BCUT2D eigenvalue weighted by atomic mass is 9.95. The molecule has 0 aromatic carbocycles. The van der Waals surface area contributed by atoms with Crippen molar-refractivity contribution < 1.29 is 5.11 Å². The Morgan fingerprint density at radius 1 is 1.58 bits per heavy atom. The van der Waals surface area contributed by atoms with Crippen LogP contribution in [0.2, 0.25) is 0 Å². The van der Waals surface area contributed by atoms with E-state index in [4.69, 9.17) is 0 Å². The van der Waals surface area contributed by atoms with Gasteiger partial charge in [-0.05, 0) is 41.6 Å². The summed E-state index contributed by atoms with van der Waals surface area (Å²) in [5, 5.41) is 17.3. The lowest BCUT2D eigenvalue weighted by Gasteiger charge is -2.25. The molecule has 1 rings (SSSR count). The van der Waals surface area contributed by atoms with Crippen LogP contribution < -0.4 is 10.9 Å². The van der Waals surface area contributed by atoms with Crippen LogP contribution in [0.15, 0.2) is 15.5 Å². The quantitative estimate of drug-likeness (QED) is 0.838. The highest BCUT2D eigenvalue weighted by Gasteiger charge is 2.21. The molecular formula is C13H22BrN3O2. The van der Waals surface area contributed by atoms with E-state index in [0.717, 1.165) is 6.42 Å². The molecule has 1 unspecified atom stereocenters. The second-order valence-corrected chi connectivity index (χ2v) is 6.38. The molecule has 1 aromatic heterocycles. The van der Waals surface area contributed by atoms with Crippen molar-refractivity contribution in [1.82, 2.24) is 9.78 Å². The van der Waals surface area contributed by atoms with Gasteiger partial charge in [0.05, 0.1) is 17.5 Å². The first-order valence-electron chi connectivity index (χ1n) is 6.41.